The number of rotatable bonds is 21. The SMILES string of the molecule is CCCCCCCCCCCCCCCCCCNC(=S)NN=Cc1ccc(OC)c(OC)c1. The molecule has 0 radical (unpaired) electrons. The van der Waals surface area contributed by atoms with Crippen LogP contribution in [0.15, 0.2) is 23.3 Å². The molecule has 5 nitrogen and oxygen atoms in total. The molecule has 0 aliphatic heterocycles. The van der Waals surface area contributed by atoms with Crippen molar-refractivity contribution in [2.24, 2.45) is 5.10 Å². The first-order valence-corrected chi connectivity index (χ1v) is 13.9. The van der Waals surface area contributed by atoms with Crippen molar-refractivity contribution in [1.29, 1.82) is 0 Å². The Bertz CT molecular complexity index is 667. The van der Waals surface area contributed by atoms with Gasteiger partial charge in [0.2, 0.25) is 0 Å². The van der Waals surface area contributed by atoms with E-state index >= 15 is 0 Å². The van der Waals surface area contributed by atoms with Crippen molar-refractivity contribution in [3.63, 3.8) is 0 Å². The second-order valence-corrected chi connectivity index (χ2v) is 9.45. The molecule has 2 N–H and O–H groups in total. The van der Waals surface area contributed by atoms with Gasteiger partial charge in [0.25, 0.3) is 0 Å². The van der Waals surface area contributed by atoms with Crippen LogP contribution in [0.25, 0.3) is 0 Å². The lowest BCUT2D eigenvalue weighted by atomic mass is 10.0. The Morgan fingerprint density at radius 2 is 1.26 bits per heavy atom. The lowest BCUT2D eigenvalue weighted by Crippen LogP contribution is -2.32. The van der Waals surface area contributed by atoms with E-state index in [2.05, 4.69) is 22.8 Å². The number of ether oxygens (including phenoxy) is 2. The van der Waals surface area contributed by atoms with Crippen molar-refractivity contribution in [2.45, 2.75) is 110 Å². The van der Waals surface area contributed by atoms with Gasteiger partial charge >= 0.3 is 0 Å². The lowest BCUT2D eigenvalue weighted by molar-refractivity contribution is 0.355. The topological polar surface area (TPSA) is 54.9 Å². The summed E-state index contributed by atoms with van der Waals surface area (Å²) in [5.41, 5.74) is 3.78. The summed E-state index contributed by atoms with van der Waals surface area (Å²) >= 11 is 5.29. The third kappa shape index (κ3) is 15.9. The Hall–Kier alpha value is -1.82. The maximum absolute atomic E-state index is 5.30. The summed E-state index contributed by atoms with van der Waals surface area (Å²) in [5, 5.41) is 7.97. The van der Waals surface area contributed by atoms with E-state index in [-0.39, 0.29) is 0 Å². The second-order valence-electron chi connectivity index (χ2n) is 9.04. The van der Waals surface area contributed by atoms with Crippen LogP contribution >= 0.6 is 12.2 Å². The normalized spacial score (nSPS) is 11.0. The van der Waals surface area contributed by atoms with E-state index in [1.807, 2.05) is 18.2 Å². The largest absolute Gasteiger partial charge is 0.493 e. The van der Waals surface area contributed by atoms with E-state index in [1.54, 1.807) is 20.4 Å². The fourth-order valence-corrected chi connectivity index (χ4v) is 4.17. The maximum atomic E-state index is 5.30. The highest BCUT2D eigenvalue weighted by molar-refractivity contribution is 7.80. The number of methoxy groups -OCH3 is 2. The number of hydrogen-bond acceptors (Lipinski definition) is 4. The van der Waals surface area contributed by atoms with Crippen molar-refractivity contribution >= 4 is 23.5 Å². The van der Waals surface area contributed by atoms with Gasteiger partial charge < -0.3 is 14.8 Å². The molecule has 1 rings (SSSR count). The number of nitrogens with one attached hydrogen (secondary N) is 2. The van der Waals surface area contributed by atoms with Gasteiger partial charge in [0.15, 0.2) is 16.6 Å². The molecule has 0 bridgehead atoms. The highest BCUT2D eigenvalue weighted by Crippen LogP contribution is 2.26. The van der Waals surface area contributed by atoms with Crippen LogP contribution in [0.4, 0.5) is 0 Å². The Labute approximate surface area is 214 Å². The van der Waals surface area contributed by atoms with Gasteiger partial charge in [-0.2, -0.15) is 5.10 Å². The molecule has 0 atom stereocenters. The molecule has 0 unspecified atom stereocenters. The van der Waals surface area contributed by atoms with Gasteiger partial charge in [-0.1, -0.05) is 103 Å². The zero-order valence-corrected chi connectivity index (χ0v) is 22.8. The molecule has 1 aromatic carbocycles. The first-order chi connectivity index (χ1) is 16.7. The number of hydrogen-bond donors (Lipinski definition) is 2. The van der Waals surface area contributed by atoms with E-state index in [0.29, 0.717) is 16.6 Å². The van der Waals surface area contributed by atoms with Crippen molar-refractivity contribution in [1.82, 2.24) is 10.7 Å². The Morgan fingerprint density at radius 1 is 0.765 bits per heavy atom. The van der Waals surface area contributed by atoms with Gasteiger partial charge in [-0.15, -0.1) is 0 Å². The first-order valence-electron chi connectivity index (χ1n) is 13.5. The van der Waals surface area contributed by atoms with Gasteiger partial charge in [-0.05, 0) is 42.4 Å². The molecule has 194 valence electrons. The third-order valence-corrected chi connectivity index (χ3v) is 6.34. The molecule has 0 heterocycles. The van der Waals surface area contributed by atoms with E-state index in [0.717, 1.165) is 18.5 Å². The van der Waals surface area contributed by atoms with Gasteiger partial charge in [0.05, 0.1) is 20.4 Å². The van der Waals surface area contributed by atoms with Crippen LogP contribution in [-0.4, -0.2) is 32.1 Å². The predicted molar refractivity (Wildman–Crippen MR) is 150 cm³/mol. The fraction of sp³-hybridized carbons (Fsp3) is 0.714. The second kappa shape index (κ2) is 21.7. The maximum Gasteiger partial charge on any atom is 0.186 e. The van der Waals surface area contributed by atoms with Gasteiger partial charge in [0, 0.05) is 6.54 Å². The quantitative estimate of drug-likeness (QED) is 0.0796. The Balaban J connectivity index is 1.90. The van der Waals surface area contributed by atoms with E-state index in [1.165, 1.54) is 96.3 Å². The Kier molecular flexibility index (Phi) is 19.3. The molecule has 1 aromatic rings. The monoisotopic (exact) mass is 491 g/mol. The van der Waals surface area contributed by atoms with Crippen LogP contribution in [-0.2, 0) is 0 Å². The van der Waals surface area contributed by atoms with E-state index in [4.69, 9.17) is 21.7 Å². The summed E-state index contributed by atoms with van der Waals surface area (Å²) in [7, 11) is 3.24. The van der Waals surface area contributed by atoms with Gasteiger partial charge in [-0.25, -0.2) is 0 Å². The molecular weight excluding hydrogens is 442 g/mol. The van der Waals surface area contributed by atoms with Crippen LogP contribution in [0.3, 0.4) is 0 Å². The summed E-state index contributed by atoms with van der Waals surface area (Å²) in [4.78, 5) is 0. The molecule has 34 heavy (non-hydrogen) atoms. The number of benzene rings is 1. The molecule has 0 aromatic heterocycles. The minimum absolute atomic E-state index is 0.553. The Morgan fingerprint density at radius 3 is 1.76 bits per heavy atom. The standard InChI is InChI=1S/C28H49N3O2S/c1-4-5-6-7-8-9-10-11-12-13-14-15-16-17-18-19-22-29-28(34)31-30-24-25-20-21-26(32-2)27(23-25)33-3/h20-21,23-24H,4-19,22H2,1-3H3,(H2,29,31,34). The summed E-state index contributed by atoms with van der Waals surface area (Å²) in [6.45, 7) is 3.17. The van der Waals surface area contributed by atoms with E-state index in [9.17, 15) is 0 Å². The minimum atomic E-state index is 0.553. The van der Waals surface area contributed by atoms with Crippen molar-refractivity contribution in [3.05, 3.63) is 23.8 Å². The number of thiocarbonyl (C=S) groups is 1. The van der Waals surface area contributed by atoms with E-state index < -0.39 is 0 Å². The van der Waals surface area contributed by atoms with Crippen molar-refractivity contribution in [3.8, 4) is 11.5 Å². The molecule has 0 saturated heterocycles. The average molecular weight is 492 g/mol. The third-order valence-electron chi connectivity index (χ3n) is 6.10. The summed E-state index contributed by atoms with van der Waals surface area (Å²) < 4.78 is 10.5. The van der Waals surface area contributed by atoms with Crippen LogP contribution < -0.4 is 20.2 Å². The smallest absolute Gasteiger partial charge is 0.186 e. The van der Waals surface area contributed by atoms with Gasteiger partial charge in [-0.3, -0.25) is 5.43 Å². The molecule has 0 amide bonds. The fourth-order valence-electron chi connectivity index (χ4n) is 4.01. The number of unbranched alkanes of at least 4 members (excludes halogenated alkanes) is 15. The number of nitrogens with zero attached hydrogens (tertiary/aromatic N) is 1. The van der Waals surface area contributed by atoms with Crippen molar-refractivity contribution in [2.75, 3.05) is 20.8 Å². The zero-order chi connectivity index (χ0) is 24.7. The van der Waals surface area contributed by atoms with Crippen LogP contribution in [0.1, 0.15) is 115 Å². The highest BCUT2D eigenvalue weighted by atomic mass is 32.1. The molecule has 0 saturated carbocycles. The molecule has 0 spiro atoms. The van der Waals surface area contributed by atoms with Gasteiger partial charge in [0.1, 0.15) is 0 Å². The van der Waals surface area contributed by atoms with Crippen LogP contribution in [0, 0.1) is 0 Å². The van der Waals surface area contributed by atoms with Crippen LogP contribution in [0.5, 0.6) is 11.5 Å². The highest BCUT2D eigenvalue weighted by Gasteiger charge is 2.03. The predicted octanol–water partition coefficient (Wildman–Crippen LogP) is 7.76. The summed E-state index contributed by atoms with van der Waals surface area (Å²) in [6, 6.07) is 5.64. The molecule has 0 fully saturated rings. The van der Waals surface area contributed by atoms with Crippen LogP contribution in [0.2, 0.25) is 0 Å². The minimum Gasteiger partial charge on any atom is -0.493 e. The first kappa shape index (κ1) is 30.2. The summed E-state index contributed by atoms with van der Waals surface area (Å²) in [6.07, 6.45) is 23.8. The average Bonchev–Trinajstić information content (AvgIpc) is 2.85. The molecular formula is C28H49N3O2S. The number of hydrazone groups is 1. The zero-order valence-electron chi connectivity index (χ0n) is 22.0. The molecule has 6 heteroatoms. The summed E-state index contributed by atoms with van der Waals surface area (Å²) in [5.74, 6) is 1.37. The molecule has 0 aliphatic carbocycles. The van der Waals surface area contributed by atoms with Crippen molar-refractivity contribution < 1.29 is 9.47 Å². The molecule has 0 aliphatic rings. The lowest BCUT2D eigenvalue weighted by Gasteiger charge is -2.08.